The van der Waals surface area contributed by atoms with Crippen LogP contribution in [0.4, 0.5) is 0 Å². The predicted molar refractivity (Wildman–Crippen MR) is 114 cm³/mol. The normalized spacial score (nSPS) is 18.1. The van der Waals surface area contributed by atoms with Crippen molar-refractivity contribution in [1.82, 2.24) is 10.2 Å². The van der Waals surface area contributed by atoms with E-state index in [1.165, 1.54) is 0 Å². The van der Waals surface area contributed by atoms with Crippen molar-refractivity contribution in [3.8, 4) is 5.75 Å². The van der Waals surface area contributed by atoms with Gasteiger partial charge in [-0.3, -0.25) is 9.69 Å². The molecule has 162 valence electrons. The van der Waals surface area contributed by atoms with E-state index >= 15 is 0 Å². The van der Waals surface area contributed by atoms with Gasteiger partial charge in [-0.25, -0.2) is 4.79 Å². The van der Waals surface area contributed by atoms with Crippen molar-refractivity contribution in [1.29, 1.82) is 0 Å². The highest BCUT2D eigenvalue weighted by molar-refractivity contribution is 5.89. The Kier molecular flexibility index (Phi) is 6.39. The number of aryl methyl sites for hydroxylation is 2. The maximum Gasteiger partial charge on any atom is 0.339 e. The standard InChI is InChI=1S/C23H30N2O5/c1-15-13-19(21-17-5-3-4-6-18(17)23(27)30-20(21)14-15)29-16(2)22(26)24-7-8-25-9-11-28-12-10-25/h13-14,16H,3-12H2,1-2H3,(H,24,26). The van der Waals surface area contributed by atoms with Gasteiger partial charge in [0, 0.05) is 31.7 Å². The number of nitrogens with one attached hydrogen (secondary N) is 1. The molecule has 2 aliphatic rings. The number of hydrogen-bond acceptors (Lipinski definition) is 6. The Morgan fingerprint density at radius 3 is 2.70 bits per heavy atom. The molecule has 1 saturated heterocycles. The molecule has 1 atom stereocenters. The average Bonchev–Trinajstić information content (AvgIpc) is 2.74. The number of nitrogens with zero attached hydrogens (tertiary/aromatic N) is 1. The van der Waals surface area contributed by atoms with Gasteiger partial charge in [-0.05, 0) is 62.8 Å². The summed E-state index contributed by atoms with van der Waals surface area (Å²) in [4.78, 5) is 27.3. The molecular formula is C23H30N2O5. The first-order valence-corrected chi connectivity index (χ1v) is 10.9. The first kappa shape index (κ1) is 20.9. The maximum atomic E-state index is 12.6. The number of benzene rings is 1. The highest BCUT2D eigenvalue weighted by Crippen LogP contribution is 2.35. The first-order valence-electron chi connectivity index (χ1n) is 10.9. The lowest BCUT2D eigenvalue weighted by molar-refractivity contribution is -0.127. The zero-order valence-corrected chi connectivity index (χ0v) is 17.8. The largest absolute Gasteiger partial charge is 0.480 e. The zero-order chi connectivity index (χ0) is 21.1. The third-order valence-electron chi connectivity index (χ3n) is 5.93. The van der Waals surface area contributed by atoms with Gasteiger partial charge in [-0.1, -0.05) is 0 Å². The molecule has 1 aliphatic heterocycles. The third kappa shape index (κ3) is 4.52. The maximum absolute atomic E-state index is 12.6. The van der Waals surface area contributed by atoms with Gasteiger partial charge >= 0.3 is 5.63 Å². The van der Waals surface area contributed by atoms with Gasteiger partial charge in [0.05, 0.1) is 18.6 Å². The topological polar surface area (TPSA) is 81.0 Å². The summed E-state index contributed by atoms with van der Waals surface area (Å²) in [6, 6.07) is 3.79. The van der Waals surface area contributed by atoms with Crippen LogP contribution >= 0.6 is 0 Å². The van der Waals surface area contributed by atoms with Gasteiger partial charge in [0.25, 0.3) is 5.91 Å². The molecule has 7 heteroatoms. The van der Waals surface area contributed by atoms with Crippen LogP contribution in [0, 0.1) is 6.92 Å². The summed E-state index contributed by atoms with van der Waals surface area (Å²) in [5.41, 5.74) is 2.99. The van der Waals surface area contributed by atoms with E-state index in [4.69, 9.17) is 13.9 Å². The van der Waals surface area contributed by atoms with Gasteiger partial charge in [-0.2, -0.15) is 0 Å². The third-order valence-corrected chi connectivity index (χ3v) is 5.93. The van der Waals surface area contributed by atoms with E-state index in [1.54, 1.807) is 6.92 Å². The van der Waals surface area contributed by atoms with Crippen LogP contribution in [0.2, 0.25) is 0 Å². The monoisotopic (exact) mass is 414 g/mol. The summed E-state index contributed by atoms with van der Waals surface area (Å²) >= 11 is 0. The summed E-state index contributed by atoms with van der Waals surface area (Å²) in [5.74, 6) is 0.465. The minimum Gasteiger partial charge on any atom is -0.480 e. The second kappa shape index (κ2) is 9.18. The number of hydrogen-bond donors (Lipinski definition) is 1. The Labute approximate surface area is 176 Å². The lowest BCUT2D eigenvalue weighted by atomic mass is 9.90. The zero-order valence-electron chi connectivity index (χ0n) is 17.8. The van der Waals surface area contributed by atoms with Crippen LogP contribution < -0.4 is 15.7 Å². The van der Waals surface area contributed by atoms with Crippen molar-refractivity contribution in [3.63, 3.8) is 0 Å². The minimum absolute atomic E-state index is 0.149. The van der Waals surface area contributed by atoms with E-state index in [9.17, 15) is 9.59 Å². The van der Waals surface area contributed by atoms with Crippen LogP contribution in [0.3, 0.4) is 0 Å². The molecule has 2 heterocycles. The summed E-state index contributed by atoms with van der Waals surface area (Å²) in [6.45, 7) is 8.34. The molecule has 1 aliphatic carbocycles. The molecule has 1 aromatic heterocycles. The fourth-order valence-electron chi connectivity index (χ4n) is 4.31. The highest BCUT2D eigenvalue weighted by atomic mass is 16.5. The number of fused-ring (bicyclic) bond motifs is 3. The van der Waals surface area contributed by atoms with Crippen LogP contribution in [0.5, 0.6) is 5.75 Å². The van der Waals surface area contributed by atoms with E-state index in [-0.39, 0.29) is 11.5 Å². The summed E-state index contributed by atoms with van der Waals surface area (Å²) < 4.78 is 17.1. The molecular weight excluding hydrogens is 384 g/mol. The molecule has 1 unspecified atom stereocenters. The fraction of sp³-hybridized carbons (Fsp3) is 0.565. The van der Waals surface area contributed by atoms with Gasteiger partial charge in [-0.15, -0.1) is 0 Å². The molecule has 2 aromatic rings. The number of carbonyl (C=O) groups excluding carboxylic acids is 1. The van der Waals surface area contributed by atoms with Crippen molar-refractivity contribution in [3.05, 3.63) is 39.2 Å². The van der Waals surface area contributed by atoms with E-state index < -0.39 is 6.10 Å². The number of amides is 1. The van der Waals surface area contributed by atoms with Crippen LogP contribution in [-0.4, -0.2) is 56.3 Å². The number of carbonyl (C=O) groups is 1. The average molecular weight is 415 g/mol. The van der Waals surface area contributed by atoms with Crippen molar-refractivity contribution >= 4 is 16.9 Å². The van der Waals surface area contributed by atoms with Crippen LogP contribution in [-0.2, 0) is 22.4 Å². The molecule has 1 fully saturated rings. The second-order valence-electron chi connectivity index (χ2n) is 8.20. The van der Waals surface area contributed by atoms with E-state index in [2.05, 4.69) is 10.2 Å². The Bertz CT molecular complexity index is 978. The molecule has 1 aromatic carbocycles. The van der Waals surface area contributed by atoms with Crippen molar-refractivity contribution < 1.29 is 18.7 Å². The molecule has 0 spiro atoms. The molecule has 1 N–H and O–H groups in total. The Morgan fingerprint density at radius 2 is 1.93 bits per heavy atom. The first-order chi connectivity index (χ1) is 14.5. The number of morpholine rings is 1. The fourth-order valence-corrected chi connectivity index (χ4v) is 4.31. The van der Waals surface area contributed by atoms with E-state index in [0.29, 0.717) is 17.9 Å². The Hall–Kier alpha value is -2.38. The smallest absolute Gasteiger partial charge is 0.339 e. The molecule has 0 radical (unpaired) electrons. The van der Waals surface area contributed by atoms with E-state index in [1.807, 2.05) is 19.1 Å². The molecule has 7 nitrogen and oxygen atoms in total. The number of rotatable bonds is 6. The van der Waals surface area contributed by atoms with Crippen LogP contribution in [0.15, 0.2) is 21.3 Å². The summed E-state index contributed by atoms with van der Waals surface area (Å²) in [5, 5.41) is 3.80. The van der Waals surface area contributed by atoms with E-state index in [0.717, 1.165) is 80.6 Å². The molecule has 1 amide bonds. The SMILES string of the molecule is Cc1cc(OC(C)C(=O)NCCN2CCOCC2)c2c3c(c(=O)oc2c1)CCCC3. The number of ether oxygens (including phenoxy) is 2. The minimum atomic E-state index is -0.647. The van der Waals surface area contributed by atoms with Gasteiger partial charge in [0.2, 0.25) is 0 Å². The molecule has 30 heavy (non-hydrogen) atoms. The Balaban J connectivity index is 1.49. The molecule has 0 saturated carbocycles. The van der Waals surface area contributed by atoms with Crippen molar-refractivity contribution in [2.45, 2.75) is 45.6 Å². The van der Waals surface area contributed by atoms with Crippen LogP contribution in [0.25, 0.3) is 11.0 Å². The van der Waals surface area contributed by atoms with Gasteiger partial charge < -0.3 is 19.2 Å². The highest BCUT2D eigenvalue weighted by Gasteiger charge is 2.23. The second-order valence-corrected chi connectivity index (χ2v) is 8.20. The Morgan fingerprint density at radius 1 is 1.20 bits per heavy atom. The molecule has 0 bridgehead atoms. The van der Waals surface area contributed by atoms with Crippen molar-refractivity contribution in [2.75, 3.05) is 39.4 Å². The van der Waals surface area contributed by atoms with Crippen LogP contribution in [0.1, 0.15) is 36.5 Å². The molecule has 4 rings (SSSR count). The summed E-state index contributed by atoms with van der Waals surface area (Å²) in [7, 11) is 0. The quantitative estimate of drug-likeness (QED) is 0.730. The van der Waals surface area contributed by atoms with Gasteiger partial charge in [0.1, 0.15) is 11.3 Å². The lowest BCUT2D eigenvalue weighted by Gasteiger charge is -2.26. The van der Waals surface area contributed by atoms with Crippen molar-refractivity contribution in [2.24, 2.45) is 0 Å². The lowest BCUT2D eigenvalue weighted by Crippen LogP contribution is -2.43. The van der Waals surface area contributed by atoms with Gasteiger partial charge in [0.15, 0.2) is 6.10 Å². The summed E-state index contributed by atoms with van der Waals surface area (Å²) in [6.07, 6.45) is 2.95. The predicted octanol–water partition coefficient (Wildman–Crippen LogP) is 2.20.